The van der Waals surface area contributed by atoms with E-state index < -0.39 is 23.7 Å². The van der Waals surface area contributed by atoms with Crippen LogP contribution in [0.3, 0.4) is 0 Å². The number of aryl methyl sites for hydroxylation is 2. The first-order valence-electron chi connectivity index (χ1n) is 7.80. The maximum absolute atomic E-state index is 12.4. The van der Waals surface area contributed by atoms with Crippen molar-refractivity contribution in [1.29, 1.82) is 0 Å². The summed E-state index contributed by atoms with van der Waals surface area (Å²) in [6.45, 7) is 1.07. The Balaban J connectivity index is 2.33. The molecule has 0 spiro atoms. The Morgan fingerprint density at radius 1 is 1.45 bits per heavy atom. The zero-order valence-corrected chi connectivity index (χ0v) is 11.8. The number of aliphatic hydroxyl groups is 1. The number of imidazole rings is 1. The first kappa shape index (κ1) is 10.8. The van der Waals surface area contributed by atoms with Crippen molar-refractivity contribution in [2.45, 2.75) is 38.8 Å². The quantitative estimate of drug-likeness (QED) is 0.836. The molecule has 2 rings (SSSR count). The van der Waals surface area contributed by atoms with Crippen molar-refractivity contribution in [3.63, 3.8) is 0 Å². The lowest BCUT2D eigenvalue weighted by molar-refractivity contribution is 0.180. The van der Waals surface area contributed by atoms with Gasteiger partial charge in [-0.1, -0.05) is 0 Å². The lowest BCUT2D eigenvalue weighted by Gasteiger charge is -2.09. The van der Waals surface area contributed by atoms with E-state index in [0.717, 1.165) is 11.5 Å². The van der Waals surface area contributed by atoms with Gasteiger partial charge in [0.1, 0.15) is 0 Å². The largest absolute Gasteiger partial charge is 0.393 e. The summed E-state index contributed by atoms with van der Waals surface area (Å²) in [7, 11) is 3.17. The van der Waals surface area contributed by atoms with Crippen LogP contribution in [0, 0.1) is 0 Å². The highest BCUT2D eigenvalue weighted by Crippen LogP contribution is 2.04. The van der Waals surface area contributed by atoms with Gasteiger partial charge in [-0.05, 0) is 26.1 Å². The van der Waals surface area contributed by atoms with E-state index in [1.807, 2.05) is 0 Å². The maximum Gasteiger partial charge on any atom is 0.332 e. The highest BCUT2D eigenvalue weighted by Gasteiger charge is 2.14. The molecule has 0 aliphatic carbocycles. The lowest BCUT2D eigenvalue weighted by atomic mass is 10.2. The molecule has 7 nitrogen and oxygen atoms in total. The predicted octanol–water partition coefficient (Wildman–Crippen LogP) is -0.0152. The monoisotopic (exact) mass is 283 g/mol. The van der Waals surface area contributed by atoms with E-state index >= 15 is 0 Å². The fourth-order valence-corrected chi connectivity index (χ4v) is 2.10. The predicted molar refractivity (Wildman–Crippen MR) is 75.7 cm³/mol. The summed E-state index contributed by atoms with van der Waals surface area (Å²) in [5.74, 6) is 0. The average Bonchev–Trinajstić information content (AvgIpc) is 2.81. The van der Waals surface area contributed by atoms with Gasteiger partial charge in [0.25, 0.3) is 5.56 Å². The van der Waals surface area contributed by atoms with Crippen molar-refractivity contribution in [3.05, 3.63) is 27.2 Å². The molecule has 2 aromatic rings. The molecule has 0 aliphatic rings. The first-order valence-corrected chi connectivity index (χ1v) is 6.30. The number of fused-ring (bicyclic) bond motifs is 1. The number of nitrogens with zero attached hydrogens (tertiary/aromatic N) is 4. The third kappa shape index (κ3) is 2.53. The molecule has 0 aromatic carbocycles. The molecular weight excluding hydrogens is 260 g/mol. The van der Waals surface area contributed by atoms with Gasteiger partial charge in [0.15, 0.2) is 11.2 Å². The van der Waals surface area contributed by atoms with Gasteiger partial charge >= 0.3 is 5.69 Å². The van der Waals surface area contributed by atoms with Crippen LogP contribution in [0.4, 0.5) is 0 Å². The van der Waals surface area contributed by atoms with E-state index in [-0.39, 0.29) is 19.4 Å². The molecule has 0 unspecified atom stereocenters. The van der Waals surface area contributed by atoms with Crippen LogP contribution in [-0.4, -0.2) is 29.9 Å². The molecule has 0 fully saturated rings. The number of hydrogen-bond donors (Lipinski definition) is 1. The molecule has 20 heavy (non-hydrogen) atoms. The molecule has 2 aromatic heterocycles. The average molecular weight is 283 g/mol. The molecule has 0 aliphatic heterocycles. The normalized spacial score (nSPS) is 17.5. The smallest absolute Gasteiger partial charge is 0.332 e. The Hall–Kier alpha value is -1.89. The summed E-state index contributed by atoms with van der Waals surface area (Å²) in [6.07, 6.45) is -2.94. The molecular formula is C13H20N4O3. The zero-order valence-electron chi connectivity index (χ0n) is 14.8. The van der Waals surface area contributed by atoms with Crippen molar-refractivity contribution >= 4 is 11.2 Å². The van der Waals surface area contributed by atoms with Gasteiger partial charge in [-0.3, -0.25) is 13.9 Å². The van der Waals surface area contributed by atoms with E-state index in [9.17, 15) is 14.7 Å². The van der Waals surface area contributed by atoms with Crippen LogP contribution in [-0.2, 0) is 20.6 Å². The minimum absolute atomic E-state index is 0.00220. The summed E-state index contributed by atoms with van der Waals surface area (Å²) in [5.41, 5.74) is -0.425. The fraction of sp³-hybridized carbons (Fsp3) is 0.615. The summed E-state index contributed by atoms with van der Waals surface area (Å²) >= 11 is 0. The Bertz CT molecular complexity index is 845. The highest BCUT2D eigenvalue weighted by atomic mass is 16.3. The van der Waals surface area contributed by atoms with Crippen molar-refractivity contribution in [2.75, 3.05) is 0 Å². The Kier molecular flexibility index (Phi) is 3.05. The molecule has 1 atom stereocenters. The van der Waals surface area contributed by atoms with Crippen LogP contribution in [0.2, 0.25) is 0 Å². The van der Waals surface area contributed by atoms with Crippen LogP contribution in [0.15, 0.2) is 15.9 Å². The Morgan fingerprint density at radius 3 is 2.80 bits per heavy atom. The number of aromatic nitrogens is 4. The van der Waals surface area contributed by atoms with Gasteiger partial charge in [-0.2, -0.15) is 0 Å². The van der Waals surface area contributed by atoms with Crippen molar-refractivity contribution < 1.29 is 9.22 Å². The van der Waals surface area contributed by atoms with Gasteiger partial charge in [-0.25, -0.2) is 9.78 Å². The zero-order chi connectivity index (χ0) is 17.6. The molecule has 110 valence electrons. The summed E-state index contributed by atoms with van der Waals surface area (Å²) < 4.78 is 26.6. The molecule has 0 saturated heterocycles. The van der Waals surface area contributed by atoms with Crippen molar-refractivity contribution in [3.8, 4) is 0 Å². The Labute approximate surface area is 120 Å². The van der Waals surface area contributed by atoms with Crippen LogP contribution < -0.4 is 11.2 Å². The topological polar surface area (TPSA) is 82.0 Å². The van der Waals surface area contributed by atoms with Gasteiger partial charge in [-0.15, -0.1) is 0 Å². The Morgan fingerprint density at radius 2 is 2.15 bits per heavy atom. The SMILES string of the molecule is [2H]C([2H])(CCCn1c(=O)c2c(ncn2C)n(C)c1=O)[C@@]([2H])(C)O. The number of rotatable bonds is 5. The minimum atomic E-state index is -2.24. The second-order valence-corrected chi connectivity index (χ2v) is 4.69. The summed E-state index contributed by atoms with van der Waals surface area (Å²) in [4.78, 5) is 28.7. The van der Waals surface area contributed by atoms with Gasteiger partial charge < -0.3 is 9.67 Å². The summed E-state index contributed by atoms with van der Waals surface area (Å²) in [6, 6.07) is 0. The molecule has 0 radical (unpaired) electrons. The third-order valence-electron chi connectivity index (χ3n) is 3.14. The standard InChI is InChI=1S/C13H20N4O3/c1-9(18)6-4-5-7-17-12(19)10-11(14-8-15(10)2)16(3)13(17)20/h8-9,18H,4-7H2,1-3H3/t9-/m1/s1/i6D2,9D. The lowest BCUT2D eigenvalue weighted by Crippen LogP contribution is -2.39. The fourth-order valence-electron chi connectivity index (χ4n) is 2.10. The van der Waals surface area contributed by atoms with Crippen molar-refractivity contribution in [1.82, 2.24) is 18.7 Å². The van der Waals surface area contributed by atoms with Crippen LogP contribution in [0.25, 0.3) is 11.2 Å². The molecule has 7 heteroatoms. The van der Waals surface area contributed by atoms with E-state index in [0.29, 0.717) is 11.2 Å². The van der Waals surface area contributed by atoms with Gasteiger partial charge in [0.2, 0.25) is 0 Å². The molecule has 2 heterocycles. The third-order valence-corrected chi connectivity index (χ3v) is 3.14. The molecule has 0 amide bonds. The van der Waals surface area contributed by atoms with Crippen LogP contribution >= 0.6 is 0 Å². The van der Waals surface area contributed by atoms with E-state index in [1.54, 1.807) is 7.05 Å². The highest BCUT2D eigenvalue weighted by molar-refractivity contribution is 5.69. The van der Waals surface area contributed by atoms with Crippen LogP contribution in [0.5, 0.6) is 0 Å². The summed E-state index contributed by atoms with van der Waals surface area (Å²) in [5, 5.41) is 9.49. The number of hydrogen-bond acceptors (Lipinski definition) is 4. The molecule has 0 saturated carbocycles. The van der Waals surface area contributed by atoms with E-state index in [4.69, 9.17) is 4.11 Å². The van der Waals surface area contributed by atoms with Crippen LogP contribution in [0.1, 0.15) is 30.3 Å². The second-order valence-electron chi connectivity index (χ2n) is 4.69. The molecule has 1 N–H and O–H groups in total. The first-order chi connectivity index (χ1) is 10.5. The minimum Gasteiger partial charge on any atom is -0.393 e. The second kappa shape index (κ2) is 5.62. The maximum atomic E-state index is 12.4. The van der Waals surface area contributed by atoms with E-state index in [1.165, 1.54) is 22.5 Å². The van der Waals surface area contributed by atoms with Gasteiger partial charge in [0, 0.05) is 23.4 Å². The van der Waals surface area contributed by atoms with Gasteiger partial charge in [0.05, 0.1) is 13.8 Å². The molecule has 0 bridgehead atoms. The van der Waals surface area contributed by atoms with Crippen molar-refractivity contribution in [2.24, 2.45) is 14.1 Å². The van der Waals surface area contributed by atoms with E-state index in [2.05, 4.69) is 4.98 Å².